The number of fused-ring (bicyclic) bond motifs is 1. The van der Waals surface area contributed by atoms with E-state index < -0.39 is 5.79 Å². The smallest absolute Gasteiger partial charge is 0.236 e. The van der Waals surface area contributed by atoms with Crippen LogP contribution < -0.4 is 0 Å². The SMILES string of the molecule is COC1(OC)C(=O)[C@@H]2C=C(C=O)[C@H]1[C@H]1CCC=C[C@H]12. The summed E-state index contributed by atoms with van der Waals surface area (Å²) in [7, 11) is 2.97. The number of carbonyl (C=O) groups excluding carboxylic acids is 2. The molecule has 2 bridgehead atoms. The summed E-state index contributed by atoms with van der Waals surface area (Å²) < 4.78 is 10.9. The average Bonchev–Trinajstić information content (AvgIpc) is 2.48. The molecule has 4 heteroatoms. The Morgan fingerprint density at radius 1 is 1.37 bits per heavy atom. The maximum Gasteiger partial charge on any atom is 0.236 e. The number of hydrogen-bond acceptors (Lipinski definition) is 4. The molecule has 1 saturated carbocycles. The van der Waals surface area contributed by atoms with Gasteiger partial charge in [0, 0.05) is 20.1 Å². The predicted octanol–water partition coefficient (Wildman–Crippen LogP) is 1.51. The summed E-state index contributed by atoms with van der Waals surface area (Å²) in [4.78, 5) is 24.0. The highest BCUT2D eigenvalue weighted by Gasteiger charge is 2.63. The quantitative estimate of drug-likeness (QED) is 0.439. The second-order valence-electron chi connectivity index (χ2n) is 5.47. The number of hydrogen-bond donors (Lipinski definition) is 0. The van der Waals surface area contributed by atoms with Crippen molar-refractivity contribution in [2.45, 2.75) is 18.6 Å². The number of methoxy groups -OCH3 is 2. The minimum absolute atomic E-state index is 0.0547. The van der Waals surface area contributed by atoms with Gasteiger partial charge in [-0.2, -0.15) is 0 Å². The normalized spacial score (nSPS) is 38.8. The predicted molar refractivity (Wildman–Crippen MR) is 68.2 cm³/mol. The first-order valence-corrected chi connectivity index (χ1v) is 6.67. The molecule has 0 aromatic heterocycles. The molecule has 0 spiro atoms. The van der Waals surface area contributed by atoms with Gasteiger partial charge in [0.05, 0.1) is 5.92 Å². The third-order valence-corrected chi connectivity index (χ3v) is 4.89. The van der Waals surface area contributed by atoms with Crippen molar-refractivity contribution in [1.82, 2.24) is 0 Å². The lowest BCUT2D eigenvalue weighted by Gasteiger charge is -2.54. The van der Waals surface area contributed by atoms with Crippen molar-refractivity contribution in [3.63, 3.8) is 0 Å². The van der Waals surface area contributed by atoms with Crippen LogP contribution in [0.25, 0.3) is 0 Å². The molecule has 4 nitrogen and oxygen atoms in total. The summed E-state index contributed by atoms with van der Waals surface area (Å²) in [6, 6.07) is 0. The van der Waals surface area contributed by atoms with Gasteiger partial charge in [-0.3, -0.25) is 9.59 Å². The van der Waals surface area contributed by atoms with Gasteiger partial charge in [0.1, 0.15) is 6.29 Å². The van der Waals surface area contributed by atoms with Gasteiger partial charge in [-0.25, -0.2) is 0 Å². The number of aldehydes is 1. The summed E-state index contributed by atoms with van der Waals surface area (Å²) in [5.74, 6) is -1.48. The molecule has 0 aliphatic heterocycles. The summed E-state index contributed by atoms with van der Waals surface area (Å²) in [6.45, 7) is 0. The van der Waals surface area contributed by atoms with E-state index in [4.69, 9.17) is 9.47 Å². The summed E-state index contributed by atoms with van der Waals surface area (Å²) in [5.41, 5.74) is 0.657. The van der Waals surface area contributed by atoms with Crippen LogP contribution in [0, 0.1) is 23.7 Å². The van der Waals surface area contributed by atoms with Crippen LogP contribution in [0.3, 0.4) is 0 Å². The zero-order chi connectivity index (χ0) is 13.6. The maximum atomic E-state index is 12.6. The molecule has 0 amide bonds. The first-order valence-electron chi connectivity index (χ1n) is 6.67. The maximum absolute atomic E-state index is 12.6. The fourth-order valence-electron chi connectivity index (χ4n) is 4.11. The second kappa shape index (κ2) is 4.39. The zero-order valence-electron chi connectivity index (χ0n) is 11.2. The monoisotopic (exact) mass is 262 g/mol. The molecule has 4 aliphatic carbocycles. The molecular formula is C15H18O4. The lowest BCUT2D eigenvalue weighted by atomic mass is 9.54. The van der Waals surface area contributed by atoms with E-state index in [1.54, 1.807) is 0 Å². The van der Waals surface area contributed by atoms with Crippen molar-refractivity contribution in [1.29, 1.82) is 0 Å². The van der Waals surface area contributed by atoms with Crippen LogP contribution >= 0.6 is 0 Å². The minimum atomic E-state index is -1.28. The van der Waals surface area contributed by atoms with Crippen LogP contribution in [-0.4, -0.2) is 32.1 Å². The molecule has 4 rings (SSSR count). The third-order valence-electron chi connectivity index (χ3n) is 4.89. The van der Waals surface area contributed by atoms with E-state index >= 15 is 0 Å². The first-order chi connectivity index (χ1) is 9.19. The van der Waals surface area contributed by atoms with Crippen LogP contribution in [0.2, 0.25) is 0 Å². The summed E-state index contributed by atoms with van der Waals surface area (Å²) >= 11 is 0. The van der Waals surface area contributed by atoms with Gasteiger partial charge >= 0.3 is 0 Å². The van der Waals surface area contributed by atoms with E-state index in [1.807, 2.05) is 6.08 Å². The molecule has 0 saturated heterocycles. The topological polar surface area (TPSA) is 52.6 Å². The number of ketones is 1. The van der Waals surface area contributed by atoms with Gasteiger partial charge in [-0.05, 0) is 30.3 Å². The number of allylic oxidation sites excluding steroid dienone is 3. The van der Waals surface area contributed by atoms with Crippen molar-refractivity contribution < 1.29 is 19.1 Å². The molecule has 0 radical (unpaired) electrons. The van der Waals surface area contributed by atoms with Crippen molar-refractivity contribution in [3.8, 4) is 0 Å². The highest BCUT2D eigenvalue weighted by atomic mass is 16.7. The zero-order valence-corrected chi connectivity index (χ0v) is 11.2. The Morgan fingerprint density at radius 3 is 2.74 bits per heavy atom. The van der Waals surface area contributed by atoms with E-state index in [2.05, 4.69) is 12.2 Å². The Labute approximate surface area is 112 Å². The molecule has 0 aromatic rings. The third kappa shape index (κ3) is 1.47. The number of rotatable bonds is 3. The Morgan fingerprint density at radius 2 is 2.11 bits per heavy atom. The number of Topliss-reactive ketones (excluding diaryl/α,β-unsaturated/α-hetero) is 1. The molecule has 19 heavy (non-hydrogen) atoms. The van der Waals surface area contributed by atoms with E-state index in [-0.39, 0.29) is 29.5 Å². The Balaban J connectivity index is 2.16. The lowest BCUT2D eigenvalue weighted by molar-refractivity contribution is -0.250. The second-order valence-corrected chi connectivity index (χ2v) is 5.47. The van der Waals surface area contributed by atoms with Gasteiger partial charge in [0.2, 0.25) is 5.79 Å². The largest absolute Gasteiger partial charge is 0.346 e. The highest BCUT2D eigenvalue weighted by molar-refractivity contribution is 5.96. The van der Waals surface area contributed by atoms with E-state index in [0.29, 0.717) is 5.57 Å². The molecule has 0 unspecified atom stereocenters. The molecule has 0 heterocycles. The van der Waals surface area contributed by atoms with Crippen molar-refractivity contribution >= 4 is 12.1 Å². The van der Waals surface area contributed by atoms with Crippen molar-refractivity contribution in [2.75, 3.05) is 14.2 Å². The molecule has 0 N–H and O–H groups in total. The Kier molecular flexibility index (Phi) is 2.95. The van der Waals surface area contributed by atoms with Gasteiger partial charge in [-0.15, -0.1) is 0 Å². The van der Waals surface area contributed by atoms with Gasteiger partial charge < -0.3 is 9.47 Å². The van der Waals surface area contributed by atoms with Gasteiger partial charge in [0.25, 0.3) is 0 Å². The molecule has 4 atom stereocenters. The Bertz CT molecular complexity index is 473. The fourth-order valence-corrected chi connectivity index (χ4v) is 4.11. The summed E-state index contributed by atoms with van der Waals surface area (Å²) in [6.07, 6.45) is 8.87. The molecule has 0 aromatic carbocycles. The standard InChI is InChI=1S/C15H18O4/c1-18-15(19-2)13-9(8-16)7-12(14(15)17)10-5-3-4-6-11(10)13/h3,5,7-8,10-13H,4,6H2,1-2H3/t10-,11+,12-,13+/m1/s1. The van der Waals surface area contributed by atoms with Gasteiger partial charge in [0.15, 0.2) is 5.78 Å². The fraction of sp³-hybridized carbons (Fsp3) is 0.600. The van der Waals surface area contributed by atoms with Crippen LogP contribution in [0.4, 0.5) is 0 Å². The van der Waals surface area contributed by atoms with Crippen molar-refractivity contribution in [2.24, 2.45) is 23.7 Å². The molecule has 4 aliphatic rings. The van der Waals surface area contributed by atoms with Gasteiger partial charge in [-0.1, -0.05) is 18.2 Å². The minimum Gasteiger partial charge on any atom is -0.346 e. The van der Waals surface area contributed by atoms with Crippen molar-refractivity contribution in [3.05, 3.63) is 23.8 Å². The highest BCUT2D eigenvalue weighted by Crippen LogP contribution is 2.55. The number of carbonyl (C=O) groups is 2. The number of ether oxygens (including phenoxy) is 2. The average molecular weight is 262 g/mol. The van der Waals surface area contributed by atoms with Crippen LogP contribution in [0.15, 0.2) is 23.8 Å². The molecule has 1 fully saturated rings. The van der Waals surface area contributed by atoms with Crippen LogP contribution in [0.1, 0.15) is 12.8 Å². The van der Waals surface area contributed by atoms with E-state index in [1.165, 1.54) is 14.2 Å². The van der Waals surface area contributed by atoms with Crippen LogP contribution in [0.5, 0.6) is 0 Å². The Hall–Kier alpha value is -1.26. The molecule has 102 valence electrons. The lowest BCUT2D eigenvalue weighted by Crippen LogP contribution is -2.64. The van der Waals surface area contributed by atoms with E-state index in [9.17, 15) is 9.59 Å². The summed E-state index contributed by atoms with van der Waals surface area (Å²) in [5, 5.41) is 0. The van der Waals surface area contributed by atoms with E-state index in [0.717, 1.165) is 19.1 Å². The molecular weight excluding hydrogens is 244 g/mol. The van der Waals surface area contributed by atoms with Crippen LogP contribution in [-0.2, 0) is 19.1 Å². The first kappa shape index (κ1) is 12.8.